The van der Waals surface area contributed by atoms with Gasteiger partial charge in [0.2, 0.25) is 0 Å². The minimum Gasteiger partial charge on any atom is -0.398 e. The molecular formula is C16H18N2. The summed E-state index contributed by atoms with van der Waals surface area (Å²) in [5, 5.41) is 0. The largest absolute Gasteiger partial charge is 0.398 e. The second-order valence-corrected chi connectivity index (χ2v) is 4.60. The number of anilines is 2. The molecule has 0 saturated heterocycles. The van der Waals surface area contributed by atoms with Crippen LogP contribution in [0.25, 0.3) is 12.2 Å². The number of aryl methyl sites for hydroxylation is 2. The number of hydrogen-bond acceptors (Lipinski definition) is 2. The maximum atomic E-state index is 5.97. The molecule has 0 aliphatic rings. The molecule has 0 aromatic heterocycles. The van der Waals surface area contributed by atoms with Gasteiger partial charge in [-0.05, 0) is 48.2 Å². The van der Waals surface area contributed by atoms with Gasteiger partial charge in [0.05, 0.1) is 0 Å². The summed E-state index contributed by atoms with van der Waals surface area (Å²) < 4.78 is 0. The Kier molecular flexibility index (Phi) is 3.38. The summed E-state index contributed by atoms with van der Waals surface area (Å²) in [5.41, 5.74) is 17.9. The van der Waals surface area contributed by atoms with E-state index < -0.39 is 0 Å². The van der Waals surface area contributed by atoms with Crippen LogP contribution in [0, 0.1) is 13.8 Å². The third-order valence-electron chi connectivity index (χ3n) is 2.93. The van der Waals surface area contributed by atoms with E-state index in [1.54, 1.807) is 0 Å². The summed E-state index contributed by atoms with van der Waals surface area (Å²) in [6, 6.07) is 12.1. The molecule has 2 heteroatoms. The summed E-state index contributed by atoms with van der Waals surface area (Å²) in [6.07, 6.45) is 3.99. The van der Waals surface area contributed by atoms with Crippen molar-refractivity contribution >= 4 is 23.5 Å². The molecule has 0 radical (unpaired) electrons. The second-order valence-electron chi connectivity index (χ2n) is 4.60. The molecular weight excluding hydrogens is 220 g/mol. The Hall–Kier alpha value is -2.22. The third-order valence-corrected chi connectivity index (χ3v) is 2.93. The van der Waals surface area contributed by atoms with E-state index in [0.29, 0.717) is 0 Å². The Morgan fingerprint density at radius 3 is 1.44 bits per heavy atom. The van der Waals surface area contributed by atoms with Crippen molar-refractivity contribution in [2.24, 2.45) is 0 Å². The average Bonchev–Trinajstić information content (AvgIpc) is 2.30. The molecule has 4 N–H and O–H groups in total. The van der Waals surface area contributed by atoms with Crippen LogP contribution in [0.4, 0.5) is 11.4 Å². The maximum Gasteiger partial charge on any atom is 0.0390 e. The van der Waals surface area contributed by atoms with Gasteiger partial charge >= 0.3 is 0 Å². The fourth-order valence-electron chi connectivity index (χ4n) is 1.87. The van der Waals surface area contributed by atoms with Gasteiger partial charge in [-0.25, -0.2) is 0 Å². The number of hydrogen-bond donors (Lipinski definition) is 2. The van der Waals surface area contributed by atoms with Gasteiger partial charge in [-0.2, -0.15) is 0 Å². The van der Waals surface area contributed by atoms with E-state index in [1.165, 1.54) is 11.1 Å². The number of rotatable bonds is 2. The molecule has 0 spiro atoms. The van der Waals surface area contributed by atoms with E-state index in [2.05, 4.69) is 12.1 Å². The summed E-state index contributed by atoms with van der Waals surface area (Å²) in [7, 11) is 0. The fourth-order valence-corrected chi connectivity index (χ4v) is 1.87. The molecule has 2 aromatic carbocycles. The number of nitrogen functional groups attached to an aromatic ring is 2. The Labute approximate surface area is 108 Å². The lowest BCUT2D eigenvalue weighted by Gasteiger charge is -2.03. The molecule has 0 aliphatic heterocycles. The van der Waals surface area contributed by atoms with E-state index >= 15 is 0 Å². The first-order valence-corrected chi connectivity index (χ1v) is 5.96. The summed E-state index contributed by atoms with van der Waals surface area (Å²) >= 11 is 0. The molecule has 0 unspecified atom stereocenters. The van der Waals surface area contributed by atoms with Gasteiger partial charge in [0, 0.05) is 11.4 Å². The van der Waals surface area contributed by atoms with E-state index in [0.717, 1.165) is 22.5 Å². The Bertz CT molecular complexity index is 545. The monoisotopic (exact) mass is 238 g/mol. The quantitative estimate of drug-likeness (QED) is 0.620. The van der Waals surface area contributed by atoms with Crippen LogP contribution in [0.2, 0.25) is 0 Å². The minimum atomic E-state index is 0.789. The maximum absolute atomic E-state index is 5.97. The van der Waals surface area contributed by atoms with Crippen LogP contribution in [0.1, 0.15) is 22.3 Å². The summed E-state index contributed by atoms with van der Waals surface area (Å²) in [6.45, 7) is 4.06. The summed E-state index contributed by atoms with van der Waals surface area (Å²) in [4.78, 5) is 0. The fraction of sp³-hybridized carbons (Fsp3) is 0.125. The zero-order chi connectivity index (χ0) is 13.1. The smallest absolute Gasteiger partial charge is 0.0390 e. The highest BCUT2D eigenvalue weighted by atomic mass is 14.6. The van der Waals surface area contributed by atoms with Gasteiger partial charge in [0.1, 0.15) is 0 Å². The van der Waals surface area contributed by atoms with E-state index in [9.17, 15) is 0 Å². The second kappa shape index (κ2) is 4.96. The first-order chi connectivity index (χ1) is 8.56. The van der Waals surface area contributed by atoms with E-state index in [1.807, 2.05) is 50.3 Å². The third kappa shape index (κ3) is 2.72. The Balaban J connectivity index is 2.30. The van der Waals surface area contributed by atoms with Crippen LogP contribution in [-0.2, 0) is 0 Å². The number of benzene rings is 2. The van der Waals surface area contributed by atoms with Gasteiger partial charge in [-0.3, -0.25) is 0 Å². The highest BCUT2D eigenvalue weighted by Crippen LogP contribution is 2.20. The predicted octanol–water partition coefficient (Wildman–Crippen LogP) is 3.64. The van der Waals surface area contributed by atoms with Crippen LogP contribution in [0.15, 0.2) is 36.4 Å². The number of nitrogens with two attached hydrogens (primary N) is 2. The van der Waals surface area contributed by atoms with Crippen LogP contribution in [0.3, 0.4) is 0 Å². The highest BCUT2D eigenvalue weighted by Gasteiger charge is 1.97. The van der Waals surface area contributed by atoms with Crippen molar-refractivity contribution in [2.75, 3.05) is 11.5 Å². The normalized spacial score (nSPS) is 11.0. The molecule has 2 nitrogen and oxygen atoms in total. The topological polar surface area (TPSA) is 52.0 Å². The van der Waals surface area contributed by atoms with Gasteiger partial charge < -0.3 is 11.5 Å². The van der Waals surface area contributed by atoms with E-state index in [4.69, 9.17) is 11.5 Å². The Morgan fingerprint density at radius 2 is 1.11 bits per heavy atom. The van der Waals surface area contributed by atoms with Gasteiger partial charge in [-0.1, -0.05) is 36.4 Å². The molecule has 0 fully saturated rings. The van der Waals surface area contributed by atoms with Crippen molar-refractivity contribution in [3.63, 3.8) is 0 Å². The molecule has 18 heavy (non-hydrogen) atoms. The highest BCUT2D eigenvalue weighted by molar-refractivity contribution is 5.79. The average molecular weight is 238 g/mol. The molecule has 0 saturated carbocycles. The molecule has 0 heterocycles. The minimum absolute atomic E-state index is 0.789. The molecule has 0 amide bonds. The van der Waals surface area contributed by atoms with Gasteiger partial charge in [-0.15, -0.1) is 0 Å². The summed E-state index contributed by atoms with van der Waals surface area (Å²) in [5.74, 6) is 0. The lowest BCUT2D eigenvalue weighted by atomic mass is 10.1. The van der Waals surface area contributed by atoms with Crippen LogP contribution in [-0.4, -0.2) is 0 Å². The standard InChI is InChI=1S/C16H18N2/c1-11-3-5-13(15(17)9-11)7-8-14-6-4-12(2)10-16(14)18/h3-10H,17-18H2,1-2H3/b8-7+. The first-order valence-electron chi connectivity index (χ1n) is 5.96. The predicted molar refractivity (Wildman–Crippen MR) is 80.1 cm³/mol. The molecule has 0 aliphatic carbocycles. The van der Waals surface area contributed by atoms with Crippen LogP contribution >= 0.6 is 0 Å². The van der Waals surface area contributed by atoms with Crippen LogP contribution in [0.5, 0.6) is 0 Å². The lowest BCUT2D eigenvalue weighted by molar-refractivity contribution is 1.46. The Morgan fingerprint density at radius 1 is 0.722 bits per heavy atom. The molecule has 2 rings (SSSR count). The zero-order valence-corrected chi connectivity index (χ0v) is 10.8. The lowest BCUT2D eigenvalue weighted by Crippen LogP contribution is -1.91. The van der Waals surface area contributed by atoms with Crippen molar-refractivity contribution in [2.45, 2.75) is 13.8 Å². The first kappa shape index (κ1) is 12.2. The van der Waals surface area contributed by atoms with Crippen molar-refractivity contribution < 1.29 is 0 Å². The molecule has 0 bridgehead atoms. The van der Waals surface area contributed by atoms with Gasteiger partial charge in [0.15, 0.2) is 0 Å². The molecule has 0 atom stereocenters. The van der Waals surface area contributed by atoms with Crippen molar-refractivity contribution in [3.05, 3.63) is 58.7 Å². The van der Waals surface area contributed by atoms with E-state index in [-0.39, 0.29) is 0 Å². The zero-order valence-electron chi connectivity index (χ0n) is 10.8. The van der Waals surface area contributed by atoms with Gasteiger partial charge in [0.25, 0.3) is 0 Å². The van der Waals surface area contributed by atoms with Crippen LogP contribution < -0.4 is 11.5 Å². The SMILES string of the molecule is Cc1ccc(/C=C/c2ccc(C)cc2N)c(N)c1. The molecule has 2 aromatic rings. The molecule has 92 valence electrons. The van der Waals surface area contributed by atoms with Crippen molar-refractivity contribution in [3.8, 4) is 0 Å². The van der Waals surface area contributed by atoms with Crippen molar-refractivity contribution in [1.29, 1.82) is 0 Å². The van der Waals surface area contributed by atoms with Crippen molar-refractivity contribution in [1.82, 2.24) is 0 Å².